The van der Waals surface area contributed by atoms with E-state index in [4.69, 9.17) is 5.73 Å². The van der Waals surface area contributed by atoms with E-state index in [2.05, 4.69) is 4.98 Å². The highest BCUT2D eigenvalue weighted by Crippen LogP contribution is 2.35. The molecule has 2 heterocycles. The molecule has 2 aromatic rings. The SMILES string of the molecule is NC(=O)c1ccc(C(=O)N2C[C@@H](O)C[C@H]2c2cc(F)ccc2F)cn1. The van der Waals surface area contributed by atoms with E-state index in [0.717, 1.165) is 18.2 Å². The van der Waals surface area contributed by atoms with Gasteiger partial charge in [0.15, 0.2) is 0 Å². The predicted molar refractivity (Wildman–Crippen MR) is 83.5 cm³/mol. The van der Waals surface area contributed by atoms with Gasteiger partial charge < -0.3 is 15.7 Å². The summed E-state index contributed by atoms with van der Waals surface area (Å²) >= 11 is 0. The van der Waals surface area contributed by atoms with E-state index in [1.54, 1.807) is 0 Å². The third kappa shape index (κ3) is 3.34. The molecular formula is C17H15F2N3O3. The number of benzene rings is 1. The number of amides is 2. The fourth-order valence-corrected chi connectivity index (χ4v) is 2.94. The number of β-amino-alcohol motifs (C(OH)–C–C–N with tert-alkyl or cyclic N) is 1. The summed E-state index contributed by atoms with van der Waals surface area (Å²) in [5.74, 6) is -2.51. The van der Waals surface area contributed by atoms with Crippen molar-refractivity contribution < 1.29 is 23.5 Å². The maximum atomic E-state index is 14.1. The first-order valence-corrected chi connectivity index (χ1v) is 7.56. The molecule has 1 aliphatic heterocycles. The van der Waals surface area contributed by atoms with Crippen molar-refractivity contribution >= 4 is 11.8 Å². The van der Waals surface area contributed by atoms with Gasteiger partial charge in [0.2, 0.25) is 0 Å². The number of halogens is 2. The fourth-order valence-electron chi connectivity index (χ4n) is 2.94. The number of nitrogens with zero attached hydrogens (tertiary/aromatic N) is 2. The van der Waals surface area contributed by atoms with Crippen LogP contribution in [-0.4, -0.2) is 39.5 Å². The second kappa shape index (κ2) is 6.56. The average Bonchev–Trinajstić information content (AvgIpc) is 2.98. The monoisotopic (exact) mass is 347 g/mol. The van der Waals surface area contributed by atoms with Gasteiger partial charge in [-0.3, -0.25) is 14.6 Å². The molecule has 6 nitrogen and oxygen atoms in total. The predicted octanol–water partition coefficient (Wildman–Crippen LogP) is 1.41. The summed E-state index contributed by atoms with van der Waals surface area (Å²) < 4.78 is 27.6. The van der Waals surface area contributed by atoms with Gasteiger partial charge in [0, 0.05) is 18.3 Å². The maximum absolute atomic E-state index is 14.1. The van der Waals surface area contributed by atoms with E-state index in [1.807, 2.05) is 0 Å². The minimum absolute atomic E-state index is 0.00531. The van der Waals surface area contributed by atoms with Crippen LogP contribution >= 0.6 is 0 Å². The zero-order chi connectivity index (χ0) is 18.1. The molecule has 2 amide bonds. The lowest BCUT2D eigenvalue weighted by molar-refractivity contribution is 0.0712. The lowest BCUT2D eigenvalue weighted by Gasteiger charge is -2.25. The molecule has 0 spiro atoms. The van der Waals surface area contributed by atoms with E-state index in [9.17, 15) is 23.5 Å². The fraction of sp³-hybridized carbons (Fsp3) is 0.235. The molecule has 2 atom stereocenters. The number of hydrogen-bond donors (Lipinski definition) is 2. The van der Waals surface area contributed by atoms with Gasteiger partial charge >= 0.3 is 0 Å². The molecule has 1 aromatic carbocycles. The van der Waals surface area contributed by atoms with Gasteiger partial charge in [-0.15, -0.1) is 0 Å². The van der Waals surface area contributed by atoms with Gasteiger partial charge in [0.1, 0.15) is 17.3 Å². The highest BCUT2D eigenvalue weighted by atomic mass is 19.1. The molecule has 3 N–H and O–H groups in total. The maximum Gasteiger partial charge on any atom is 0.267 e. The van der Waals surface area contributed by atoms with Crippen LogP contribution in [0.3, 0.4) is 0 Å². The third-order valence-corrected chi connectivity index (χ3v) is 4.12. The van der Waals surface area contributed by atoms with Crippen molar-refractivity contribution in [3.8, 4) is 0 Å². The Hall–Kier alpha value is -2.87. The quantitative estimate of drug-likeness (QED) is 0.877. The highest BCUT2D eigenvalue weighted by Gasteiger charge is 2.37. The van der Waals surface area contributed by atoms with Gasteiger partial charge in [-0.25, -0.2) is 8.78 Å². The van der Waals surface area contributed by atoms with E-state index in [-0.39, 0.29) is 29.8 Å². The third-order valence-electron chi connectivity index (χ3n) is 4.12. The van der Waals surface area contributed by atoms with Crippen LogP contribution in [0.5, 0.6) is 0 Å². The van der Waals surface area contributed by atoms with Crippen molar-refractivity contribution in [2.24, 2.45) is 5.73 Å². The van der Waals surface area contributed by atoms with E-state index in [1.165, 1.54) is 23.2 Å². The number of aliphatic hydroxyl groups excluding tert-OH is 1. The summed E-state index contributed by atoms with van der Waals surface area (Å²) in [6.07, 6.45) is 0.430. The number of carbonyl (C=O) groups excluding carboxylic acids is 2. The molecule has 0 radical (unpaired) electrons. The largest absolute Gasteiger partial charge is 0.391 e. The molecule has 0 bridgehead atoms. The number of hydrogen-bond acceptors (Lipinski definition) is 4. The van der Waals surface area contributed by atoms with Crippen molar-refractivity contribution in [1.82, 2.24) is 9.88 Å². The molecule has 1 aliphatic rings. The van der Waals surface area contributed by atoms with Crippen LogP contribution in [0.4, 0.5) is 8.78 Å². The average molecular weight is 347 g/mol. The minimum atomic E-state index is -0.852. The number of nitrogens with two attached hydrogens (primary N) is 1. The second-order valence-electron chi connectivity index (χ2n) is 5.83. The van der Waals surface area contributed by atoms with E-state index >= 15 is 0 Å². The molecule has 0 saturated carbocycles. The number of likely N-dealkylation sites (tertiary alicyclic amines) is 1. The zero-order valence-electron chi connectivity index (χ0n) is 13.0. The molecule has 0 aliphatic carbocycles. The van der Waals surface area contributed by atoms with Gasteiger partial charge in [-0.05, 0) is 36.8 Å². The Morgan fingerprint density at radius 3 is 2.64 bits per heavy atom. The summed E-state index contributed by atoms with van der Waals surface area (Å²) in [5, 5.41) is 9.92. The number of aromatic nitrogens is 1. The van der Waals surface area contributed by atoms with Crippen LogP contribution in [0.2, 0.25) is 0 Å². The molecule has 25 heavy (non-hydrogen) atoms. The van der Waals surface area contributed by atoms with E-state index in [0.29, 0.717) is 0 Å². The van der Waals surface area contributed by atoms with Crippen molar-refractivity contribution in [2.75, 3.05) is 6.54 Å². The zero-order valence-corrected chi connectivity index (χ0v) is 13.0. The molecule has 1 fully saturated rings. The summed E-state index contributed by atoms with van der Waals surface area (Å²) in [7, 11) is 0. The first kappa shape index (κ1) is 17.0. The number of primary amides is 1. The van der Waals surface area contributed by atoms with Crippen LogP contribution in [-0.2, 0) is 0 Å². The lowest BCUT2D eigenvalue weighted by Crippen LogP contribution is -2.32. The molecular weight excluding hydrogens is 332 g/mol. The summed E-state index contributed by atoms with van der Waals surface area (Å²) in [6, 6.07) is 4.88. The standard InChI is InChI=1S/C17H15F2N3O3/c18-10-2-3-13(19)12(5-10)15-6-11(23)8-22(15)17(25)9-1-4-14(16(20)24)21-7-9/h1-5,7,11,15,23H,6,8H2,(H2,20,24)/t11-,15-/m0/s1. The van der Waals surface area contributed by atoms with Crippen LogP contribution in [0, 0.1) is 11.6 Å². The molecule has 0 unspecified atom stereocenters. The smallest absolute Gasteiger partial charge is 0.267 e. The summed E-state index contributed by atoms with van der Waals surface area (Å²) in [4.78, 5) is 28.8. The lowest BCUT2D eigenvalue weighted by atomic mass is 10.0. The number of carbonyl (C=O) groups is 2. The van der Waals surface area contributed by atoms with Crippen molar-refractivity contribution in [3.05, 3.63) is 65.0 Å². The Labute approximate surface area is 141 Å². The van der Waals surface area contributed by atoms with E-state index < -0.39 is 35.6 Å². The van der Waals surface area contributed by atoms with Gasteiger partial charge in [0.05, 0.1) is 17.7 Å². The van der Waals surface area contributed by atoms with Gasteiger partial charge in [-0.1, -0.05) is 0 Å². The van der Waals surface area contributed by atoms with Crippen LogP contribution in [0.25, 0.3) is 0 Å². The normalized spacial score (nSPS) is 19.9. The van der Waals surface area contributed by atoms with Gasteiger partial charge in [-0.2, -0.15) is 0 Å². The Kier molecular flexibility index (Phi) is 4.45. The summed E-state index contributed by atoms with van der Waals surface area (Å²) in [6.45, 7) is -0.0168. The summed E-state index contributed by atoms with van der Waals surface area (Å²) in [5.41, 5.74) is 5.27. The number of aliphatic hydroxyl groups is 1. The molecule has 3 rings (SSSR count). The Morgan fingerprint density at radius 2 is 2.00 bits per heavy atom. The molecule has 1 aromatic heterocycles. The second-order valence-corrected chi connectivity index (χ2v) is 5.83. The minimum Gasteiger partial charge on any atom is -0.391 e. The Morgan fingerprint density at radius 1 is 1.24 bits per heavy atom. The van der Waals surface area contributed by atoms with Crippen LogP contribution < -0.4 is 5.73 Å². The first-order chi connectivity index (χ1) is 11.9. The highest BCUT2D eigenvalue weighted by molar-refractivity contribution is 5.96. The topological polar surface area (TPSA) is 96.5 Å². The van der Waals surface area contributed by atoms with Gasteiger partial charge in [0.25, 0.3) is 11.8 Å². The van der Waals surface area contributed by atoms with Crippen LogP contribution in [0.15, 0.2) is 36.5 Å². The number of rotatable bonds is 3. The number of pyridine rings is 1. The van der Waals surface area contributed by atoms with Crippen LogP contribution in [0.1, 0.15) is 38.9 Å². The Bertz CT molecular complexity index is 826. The van der Waals surface area contributed by atoms with Crippen molar-refractivity contribution in [2.45, 2.75) is 18.6 Å². The Balaban J connectivity index is 1.92. The van der Waals surface area contributed by atoms with Crippen molar-refractivity contribution in [3.63, 3.8) is 0 Å². The van der Waals surface area contributed by atoms with Crippen molar-refractivity contribution in [1.29, 1.82) is 0 Å². The molecule has 1 saturated heterocycles. The first-order valence-electron chi connectivity index (χ1n) is 7.56. The molecule has 130 valence electrons. The molecule has 8 heteroatoms.